The minimum atomic E-state index is -2.46. The quantitative estimate of drug-likeness (QED) is 0.769. The lowest BCUT2D eigenvalue weighted by Gasteiger charge is -2.30. The third-order valence-corrected chi connectivity index (χ3v) is 3.13. The molecule has 15 heavy (non-hydrogen) atoms. The smallest absolute Gasteiger partial charge is 0.255 e. The molecule has 1 amide bonds. The number of halogens is 2. The van der Waals surface area contributed by atoms with Gasteiger partial charge in [-0.25, -0.2) is 8.78 Å². The molecule has 1 rings (SSSR count). The molecule has 1 saturated heterocycles. The van der Waals surface area contributed by atoms with E-state index in [2.05, 4.69) is 5.32 Å². The normalized spacial score (nSPS) is 25.9. The van der Waals surface area contributed by atoms with Crippen LogP contribution in [-0.2, 0) is 4.79 Å². The van der Waals surface area contributed by atoms with Gasteiger partial charge in [-0.15, -0.1) is 0 Å². The summed E-state index contributed by atoms with van der Waals surface area (Å²) in [5, 5.41) is 3.12. The molecule has 88 valence electrons. The number of hydrogen-bond donors (Lipinski definition) is 1. The summed E-state index contributed by atoms with van der Waals surface area (Å²) < 4.78 is 24.3. The van der Waals surface area contributed by atoms with E-state index in [4.69, 9.17) is 0 Å². The van der Waals surface area contributed by atoms with Gasteiger partial charge in [0, 0.05) is 13.6 Å². The first-order valence-corrected chi connectivity index (χ1v) is 5.26. The highest BCUT2D eigenvalue weighted by atomic mass is 19.3. The highest BCUT2D eigenvalue weighted by Gasteiger charge is 2.41. The van der Waals surface area contributed by atoms with Crippen molar-refractivity contribution in [2.45, 2.75) is 26.2 Å². The van der Waals surface area contributed by atoms with E-state index >= 15 is 0 Å². The van der Waals surface area contributed by atoms with E-state index in [-0.39, 0.29) is 5.91 Å². The number of rotatable bonds is 4. The first kappa shape index (κ1) is 12.4. The lowest BCUT2D eigenvalue weighted by atomic mass is 9.83. The Morgan fingerprint density at radius 1 is 1.60 bits per heavy atom. The van der Waals surface area contributed by atoms with Crippen LogP contribution < -0.4 is 5.32 Å². The van der Waals surface area contributed by atoms with Gasteiger partial charge in [-0.2, -0.15) is 0 Å². The van der Waals surface area contributed by atoms with E-state index in [1.165, 1.54) is 7.05 Å². The van der Waals surface area contributed by atoms with Crippen LogP contribution >= 0.6 is 0 Å². The van der Waals surface area contributed by atoms with Crippen molar-refractivity contribution in [3.8, 4) is 0 Å². The Morgan fingerprint density at radius 2 is 2.27 bits per heavy atom. The Morgan fingerprint density at radius 3 is 2.67 bits per heavy atom. The molecule has 5 heteroatoms. The van der Waals surface area contributed by atoms with Gasteiger partial charge in [-0.05, 0) is 19.4 Å². The molecule has 3 nitrogen and oxygen atoms in total. The Bertz CT molecular complexity index is 227. The molecule has 1 unspecified atom stereocenters. The van der Waals surface area contributed by atoms with E-state index in [1.807, 2.05) is 6.92 Å². The van der Waals surface area contributed by atoms with Gasteiger partial charge < -0.3 is 10.2 Å². The van der Waals surface area contributed by atoms with E-state index in [0.717, 1.165) is 17.9 Å². The van der Waals surface area contributed by atoms with Crippen molar-refractivity contribution in [3.05, 3.63) is 0 Å². The maximum absolute atomic E-state index is 12.2. The molecule has 1 atom stereocenters. The second kappa shape index (κ2) is 4.88. The number of nitrogens with one attached hydrogen (secondary N) is 1. The van der Waals surface area contributed by atoms with Crippen LogP contribution in [0.4, 0.5) is 8.78 Å². The van der Waals surface area contributed by atoms with Crippen molar-refractivity contribution < 1.29 is 13.6 Å². The van der Waals surface area contributed by atoms with Crippen molar-refractivity contribution in [1.29, 1.82) is 0 Å². The summed E-state index contributed by atoms with van der Waals surface area (Å²) in [6.45, 7) is 2.86. The summed E-state index contributed by atoms with van der Waals surface area (Å²) >= 11 is 0. The van der Waals surface area contributed by atoms with Gasteiger partial charge in [0.15, 0.2) is 0 Å². The monoisotopic (exact) mass is 220 g/mol. The molecular formula is C10H18F2N2O. The summed E-state index contributed by atoms with van der Waals surface area (Å²) in [4.78, 5) is 13.1. The fourth-order valence-electron chi connectivity index (χ4n) is 2.07. The molecule has 0 aromatic carbocycles. The SMILES string of the molecule is CCC1(C(=O)N(C)CC(F)F)CCNC1. The van der Waals surface area contributed by atoms with Crippen molar-refractivity contribution in [3.63, 3.8) is 0 Å². The number of hydrogen-bond acceptors (Lipinski definition) is 2. The van der Waals surface area contributed by atoms with Crippen LogP contribution in [-0.4, -0.2) is 43.9 Å². The molecule has 0 bridgehead atoms. The predicted molar refractivity (Wildman–Crippen MR) is 53.9 cm³/mol. The lowest BCUT2D eigenvalue weighted by Crippen LogP contribution is -2.44. The molecule has 1 fully saturated rings. The fraction of sp³-hybridized carbons (Fsp3) is 0.900. The Balaban J connectivity index is 2.64. The van der Waals surface area contributed by atoms with Crippen LogP contribution in [0.25, 0.3) is 0 Å². The summed E-state index contributed by atoms with van der Waals surface area (Å²) in [6.07, 6.45) is -1.01. The Labute approximate surface area is 88.8 Å². The molecule has 0 aromatic rings. The minimum Gasteiger partial charge on any atom is -0.340 e. The zero-order valence-corrected chi connectivity index (χ0v) is 9.22. The number of nitrogens with zero attached hydrogens (tertiary/aromatic N) is 1. The van der Waals surface area contributed by atoms with Gasteiger partial charge in [0.1, 0.15) is 0 Å². The summed E-state index contributed by atoms with van der Waals surface area (Å²) in [6, 6.07) is 0. The summed E-state index contributed by atoms with van der Waals surface area (Å²) in [5.74, 6) is -0.157. The third kappa shape index (κ3) is 2.65. The van der Waals surface area contributed by atoms with Gasteiger partial charge in [-0.3, -0.25) is 4.79 Å². The van der Waals surface area contributed by atoms with Gasteiger partial charge in [0.25, 0.3) is 6.43 Å². The molecule has 0 aromatic heterocycles. The van der Waals surface area contributed by atoms with Crippen molar-refractivity contribution in [2.75, 3.05) is 26.7 Å². The Hall–Kier alpha value is -0.710. The second-order valence-electron chi connectivity index (χ2n) is 4.14. The molecule has 1 N–H and O–H groups in total. The number of alkyl halides is 2. The van der Waals surface area contributed by atoms with E-state index in [9.17, 15) is 13.6 Å². The van der Waals surface area contributed by atoms with Crippen LogP contribution in [0.2, 0.25) is 0 Å². The van der Waals surface area contributed by atoms with E-state index < -0.39 is 18.4 Å². The average molecular weight is 220 g/mol. The van der Waals surface area contributed by atoms with Crippen molar-refractivity contribution in [2.24, 2.45) is 5.41 Å². The molecule has 0 saturated carbocycles. The summed E-state index contributed by atoms with van der Waals surface area (Å²) in [5.41, 5.74) is -0.455. The van der Waals surface area contributed by atoms with Gasteiger partial charge in [0.2, 0.25) is 5.91 Å². The fourth-order valence-corrected chi connectivity index (χ4v) is 2.07. The maximum Gasteiger partial charge on any atom is 0.255 e. The van der Waals surface area contributed by atoms with Crippen LogP contribution in [0.1, 0.15) is 19.8 Å². The molecule has 1 heterocycles. The van der Waals surface area contributed by atoms with Crippen molar-refractivity contribution in [1.82, 2.24) is 10.2 Å². The third-order valence-electron chi connectivity index (χ3n) is 3.13. The van der Waals surface area contributed by atoms with Crippen LogP contribution in [0.3, 0.4) is 0 Å². The Kier molecular flexibility index (Phi) is 4.02. The zero-order valence-electron chi connectivity index (χ0n) is 9.22. The topological polar surface area (TPSA) is 32.3 Å². The highest BCUT2D eigenvalue weighted by Crippen LogP contribution is 2.31. The average Bonchev–Trinajstić information content (AvgIpc) is 2.65. The number of carbonyl (C=O) groups excluding carboxylic acids is 1. The van der Waals surface area contributed by atoms with Crippen LogP contribution in [0.5, 0.6) is 0 Å². The largest absolute Gasteiger partial charge is 0.340 e. The predicted octanol–water partition coefficient (Wildman–Crippen LogP) is 1.10. The lowest BCUT2D eigenvalue weighted by molar-refractivity contribution is -0.141. The zero-order chi connectivity index (χ0) is 11.5. The van der Waals surface area contributed by atoms with Gasteiger partial charge in [0.05, 0.1) is 12.0 Å². The number of amides is 1. The van der Waals surface area contributed by atoms with Crippen molar-refractivity contribution >= 4 is 5.91 Å². The molecular weight excluding hydrogens is 202 g/mol. The molecule has 0 radical (unpaired) electrons. The van der Waals surface area contributed by atoms with Gasteiger partial charge >= 0.3 is 0 Å². The van der Waals surface area contributed by atoms with Crippen LogP contribution in [0.15, 0.2) is 0 Å². The first-order chi connectivity index (χ1) is 7.02. The summed E-state index contributed by atoms with van der Waals surface area (Å²) in [7, 11) is 1.45. The standard InChI is InChI=1S/C10H18F2N2O/c1-3-10(4-5-13-7-10)9(15)14(2)6-8(11)12/h8,13H,3-7H2,1-2H3. The molecule has 0 aliphatic carbocycles. The van der Waals surface area contributed by atoms with E-state index in [0.29, 0.717) is 13.0 Å². The van der Waals surface area contributed by atoms with Gasteiger partial charge in [-0.1, -0.05) is 6.92 Å². The van der Waals surface area contributed by atoms with E-state index in [1.54, 1.807) is 0 Å². The molecule has 1 aliphatic rings. The second-order valence-corrected chi connectivity index (χ2v) is 4.14. The molecule has 1 aliphatic heterocycles. The number of carbonyl (C=O) groups is 1. The maximum atomic E-state index is 12.2. The first-order valence-electron chi connectivity index (χ1n) is 5.26. The minimum absolute atomic E-state index is 0.157. The van der Waals surface area contributed by atoms with Crippen LogP contribution in [0, 0.1) is 5.41 Å². The molecule has 0 spiro atoms. The highest BCUT2D eigenvalue weighted by molar-refractivity contribution is 5.83.